The van der Waals surface area contributed by atoms with Crippen LogP contribution in [-0.4, -0.2) is 45.4 Å². The monoisotopic (exact) mass is 276 g/mol. The standard InChI is InChI=1S/C8H18O.C4H10N2.CH4N2O/c1-3-5-7-9-8-6-4-2;1-2-6-4-3-5-1;2-1(3)4/h3-8H2,1-2H3;5-6H,1-4H2;(H4,2,3,4). The molecule has 0 atom stereocenters. The molecule has 6 heteroatoms. The van der Waals surface area contributed by atoms with Crippen LogP contribution in [0.5, 0.6) is 0 Å². The minimum absolute atomic E-state index is 0.833. The predicted molar refractivity (Wildman–Crippen MR) is 80.1 cm³/mol. The number of rotatable bonds is 6. The largest absolute Gasteiger partial charge is 0.381 e. The van der Waals surface area contributed by atoms with Gasteiger partial charge in [0.2, 0.25) is 0 Å². The van der Waals surface area contributed by atoms with Gasteiger partial charge in [-0.25, -0.2) is 4.79 Å². The van der Waals surface area contributed by atoms with Crippen molar-refractivity contribution in [3.63, 3.8) is 0 Å². The van der Waals surface area contributed by atoms with Crippen LogP contribution in [0.15, 0.2) is 0 Å². The van der Waals surface area contributed by atoms with E-state index in [4.69, 9.17) is 9.53 Å². The van der Waals surface area contributed by atoms with Crippen LogP contribution in [0.3, 0.4) is 0 Å². The highest BCUT2D eigenvalue weighted by Crippen LogP contribution is 1.91. The molecule has 1 heterocycles. The minimum atomic E-state index is -0.833. The van der Waals surface area contributed by atoms with E-state index in [9.17, 15) is 0 Å². The van der Waals surface area contributed by atoms with Gasteiger partial charge in [0.25, 0.3) is 0 Å². The summed E-state index contributed by atoms with van der Waals surface area (Å²) < 4.78 is 5.31. The van der Waals surface area contributed by atoms with Gasteiger partial charge >= 0.3 is 6.03 Å². The third kappa shape index (κ3) is 31.7. The van der Waals surface area contributed by atoms with Crippen molar-refractivity contribution in [2.75, 3.05) is 39.4 Å². The van der Waals surface area contributed by atoms with Gasteiger partial charge in [-0.2, -0.15) is 0 Å². The van der Waals surface area contributed by atoms with Crippen molar-refractivity contribution >= 4 is 6.03 Å². The number of nitrogens with one attached hydrogen (secondary N) is 2. The molecule has 116 valence electrons. The molecule has 0 radical (unpaired) electrons. The van der Waals surface area contributed by atoms with Gasteiger partial charge in [-0.3, -0.25) is 0 Å². The molecule has 6 N–H and O–H groups in total. The Kier molecular flexibility index (Phi) is 21.0. The number of primary amides is 2. The maximum atomic E-state index is 9.00. The Morgan fingerprint density at radius 3 is 1.47 bits per heavy atom. The van der Waals surface area contributed by atoms with E-state index in [1.165, 1.54) is 25.7 Å². The zero-order chi connectivity index (χ0) is 14.8. The Morgan fingerprint density at radius 2 is 1.26 bits per heavy atom. The maximum Gasteiger partial charge on any atom is 0.309 e. The molecule has 1 aliphatic heterocycles. The lowest BCUT2D eigenvalue weighted by Crippen LogP contribution is -2.39. The molecule has 19 heavy (non-hydrogen) atoms. The van der Waals surface area contributed by atoms with Gasteiger partial charge < -0.3 is 26.8 Å². The second-order valence-corrected chi connectivity index (χ2v) is 4.22. The summed E-state index contributed by atoms with van der Waals surface area (Å²) in [6.07, 6.45) is 4.91. The van der Waals surface area contributed by atoms with Crippen molar-refractivity contribution < 1.29 is 9.53 Å². The average molecular weight is 276 g/mol. The summed E-state index contributed by atoms with van der Waals surface area (Å²) in [6.45, 7) is 10.8. The molecule has 0 spiro atoms. The highest BCUT2D eigenvalue weighted by atomic mass is 16.5. The van der Waals surface area contributed by atoms with E-state index in [-0.39, 0.29) is 0 Å². The fourth-order valence-corrected chi connectivity index (χ4v) is 1.20. The third-order valence-electron chi connectivity index (χ3n) is 2.24. The zero-order valence-corrected chi connectivity index (χ0v) is 12.5. The van der Waals surface area contributed by atoms with Crippen LogP contribution in [0.1, 0.15) is 39.5 Å². The first-order valence-electron chi connectivity index (χ1n) is 7.19. The van der Waals surface area contributed by atoms with Crippen molar-refractivity contribution in [1.82, 2.24) is 10.6 Å². The third-order valence-corrected chi connectivity index (χ3v) is 2.24. The molecule has 0 aliphatic carbocycles. The number of unbranched alkanes of at least 4 members (excludes halogenated alkanes) is 2. The predicted octanol–water partition coefficient (Wildman–Crippen LogP) is 0.806. The molecule has 0 aromatic heterocycles. The van der Waals surface area contributed by atoms with E-state index in [1.54, 1.807) is 0 Å². The SMILES string of the molecule is C1CNCCN1.CCCCOCCCC.NC(N)=O. The average Bonchev–Trinajstić information content (AvgIpc) is 2.41. The second-order valence-electron chi connectivity index (χ2n) is 4.22. The molecule has 1 fully saturated rings. The second kappa shape index (κ2) is 19.5. The summed E-state index contributed by atoms with van der Waals surface area (Å²) >= 11 is 0. The molecule has 0 aromatic carbocycles. The number of ether oxygens (including phenoxy) is 1. The molecule has 0 saturated carbocycles. The van der Waals surface area contributed by atoms with Crippen LogP contribution in [-0.2, 0) is 4.74 Å². The molecule has 0 bridgehead atoms. The van der Waals surface area contributed by atoms with Crippen LogP contribution in [0.4, 0.5) is 4.79 Å². The van der Waals surface area contributed by atoms with E-state index in [0.717, 1.165) is 39.4 Å². The molecule has 1 rings (SSSR count). The normalized spacial score (nSPS) is 13.6. The lowest BCUT2D eigenvalue weighted by molar-refractivity contribution is 0.128. The van der Waals surface area contributed by atoms with E-state index in [0.29, 0.717) is 0 Å². The van der Waals surface area contributed by atoms with Gasteiger partial charge in [0, 0.05) is 39.4 Å². The van der Waals surface area contributed by atoms with Gasteiger partial charge in [-0.15, -0.1) is 0 Å². The zero-order valence-electron chi connectivity index (χ0n) is 12.5. The smallest absolute Gasteiger partial charge is 0.309 e. The molecule has 0 unspecified atom stereocenters. The number of hydrogen-bond donors (Lipinski definition) is 4. The Bertz CT molecular complexity index is 155. The number of hydrogen-bond acceptors (Lipinski definition) is 4. The summed E-state index contributed by atoms with van der Waals surface area (Å²) in [6, 6.07) is -0.833. The summed E-state index contributed by atoms with van der Waals surface area (Å²) in [7, 11) is 0. The van der Waals surface area contributed by atoms with Crippen LogP contribution >= 0.6 is 0 Å². The van der Waals surface area contributed by atoms with Gasteiger partial charge in [0.15, 0.2) is 0 Å². The summed E-state index contributed by atoms with van der Waals surface area (Å²) in [5.41, 5.74) is 8.50. The summed E-state index contributed by atoms with van der Waals surface area (Å²) in [5.74, 6) is 0. The number of nitrogens with two attached hydrogens (primary N) is 2. The summed E-state index contributed by atoms with van der Waals surface area (Å²) in [4.78, 5) is 9.00. The number of amides is 2. The number of urea groups is 1. The molecule has 0 aromatic rings. The van der Waals surface area contributed by atoms with E-state index in [2.05, 4.69) is 35.9 Å². The Morgan fingerprint density at radius 1 is 0.947 bits per heavy atom. The van der Waals surface area contributed by atoms with Crippen LogP contribution < -0.4 is 22.1 Å². The lowest BCUT2D eigenvalue weighted by Gasteiger charge is -2.11. The fraction of sp³-hybridized carbons (Fsp3) is 0.923. The highest BCUT2D eigenvalue weighted by Gasteiger charge is 1.91. The van der Waals surface area contributed by atoms with Crippen molar-refractivity contribution in [3.05, 3.63) is 0 Å². The number of carbonyl (C=O) groups excluding carboxylic acids is 1. The van der Waals surface area contributed by atoms with Crippen LogP contribution in [0.2, 0.25) is 0 Å². The molecular weight excluding hydrogens is 244 g/mol. The maximum absolute atomic E-state index is 9.00. The van der Waals surface area contributed by atoms with Gasteiger partial charge in [-0.1, -0.05) is 26.7 Å². The van der Waals surface area contributed by atoms with E-state index < -0.39 is 6.03 Å². The molecule has 1 aliphatic rings. The molecule has 1 saturated heterocycles. The fourth-order valence-electron chi connectivity index (χ4n) is 1.20. The van der Waals surface area contributed by atoms with Gasteiger partial charge in [0.1, 0.15) is 0 Å². The Balaban J connectivity index is 0. The van der Waals surface area contributed by atoms with E-state index in [1.807, 2.05) is 0 Å². The van der Waals surface area contributed by atoms with Crippen LogP contribution in [0, 0.1) is 0 Å². The Hall–Kier alpha value is -0.850. The first-order valence-corrected chi connectivity index (χ1v) is 7.19. The first kappa shape index (κ1) is 20.5. The minimum Gasteiger partial charge on any atom is -0.381 e. The van der Waals surface area contributed by atoms with Gasteiger partial charge in [-0.05, 0) is 12.8 Å². The topological polar surface area (TPSA) is 102 Å². The van der Waals surface area contributed by atoms with Crippen molar-refractivity contribution in [2.45, 2.75) is 39.5 Å². The Labute approximate surface area is 117 Å². The van der Waals surface area contributed by atoms with Crippen molar-refractivity contribution in [1.29, 1.82) is 0 Å². The van der Waals surface area contributed by atoms with Crippen molar-refractivity contribution in [2.24, 2.45) is 11.5 Å². The first-order chi connectivity index (χ1) is 9.15. The van der Waals surface area contributed by atoms with E-state index >= 15 is 0 Å². The number of carbonyl (C=O) groups is 1. The number of piperazine rings is 1. The highest BCUT2D eigenvalue weighted by molar-refractivity contribution is 5.69. The molecular formula is C13H32N4O2. The molecule has 6 nitrogen and oxygen atoms in total. The summed E-state index contributed by atoms with van der Waals surface area (Å²) in [5, 5.41) is 6.44. The quantitative estimate of drug-likeness (QED) is 0.539. The lowest BCUT2D eigenvalue weighted by atomic mass is 10.3. The van der Waals surface area contributed by atoms with Crippen molar-refractivity contribution in [3.8, 4) is 0 Å². The molecule has 2 amide bonds. The van der Waals surface area contributed by atoms with Crippen LogP contribution in [0.25, 0.3) is 0 Å². The van der Waals surface area contributed by atoms with Gasteiger partial charge in [0.05, 0.1) is 0 Å².